The van der Waals surface area contributed by atoms with Gasteiger partial charge in [0.15, 0.2) is 0 Å². The second-order valence-electron chi connectivity index (χ2n) is 6.27. The number of pyridine rings is 1. The zero-order valence-electron chi connectivity index (χ0n) is 15.3. The number of hydrogen-bond donors (Lipinski definition) is 0. The minimum atomic E-state index is 0.558. The topological polar surface area (TPSA) is 43.2 Å². The smallest absolute Gasteiger partial charge is 0.128 e. The predicted molar refractivity (Wildman–Crippen MR) is 105 cm³/mol. The van der Waals surface area contributed by atoms with E-state index < -0.39 is 0 Å². The van der Waals surface area contributed by atoms with Gasteiger partial charge in [0.25, 0.3) is 0 Å². The van der Waals surface area contributed by atoms with Crippen LogP contribution in [0.2, 0.25) is 5.02 Å². The van der Waals surface area contributed by atoms with Crippen molar-refractivity contribution in [2.24, 2.45) is 0 Å². The molecule has 1 aromatic carbocycles. The summed E-state index contributed by atoms with van der Waals surface area (Å²) >= 11 is 6.44. The third-order valence-corrected chi connectivity index (χ3v) is 4.55. The first-order valence-corrected chi connectivity index (χ1v) is 8.94. The highest BCUT2D eigenvalue weighted by Gasteiger charge is 2.07. The molecule has 0 amide bonds. The highest BCUT2D eigenvalue weighted by atomic mass is 35.5. The second kappa shape index (κ2) is 8.23. The summed E-state index contributed by atoms with van der Waals surface area (Å²) < 4.78 is 7.94. The molecule has 0 radical (unpaired) electrons. The third-order valence-electron chi connectivity index (χ3n) is 4.20. The van der Waals surface area contributed by atoms with Gasteiger partial charge in [-0.15, -0.1) is 0 Å². The van der Waals surface area contributed by atoms with Crippen LogP contribution >= 0.6 is 11.6 Å². The van der Waals surface area contributed by atoms with Crippen LogP contribution < -0.4 is 9.64 Å². The number of nitrogens with zero attached hydrogens (tertiary/aromatic N) is 4. The molecule has 0 unspecified atom stereocenters. The molecule has 0 saturated carbocycles. The summed E-state index contributed by atoms with van der Waals surface area (Å²) in [6, 6.07) is 11.7. The Morgan fingerprint density at radius 2 is 2.04 bits per heavy atom. The van der Waals surface area contributed by atoms with Crippen LogP contribution in [0.5, 0.6) is 5.75 Å². The van der Waals surface area contributed by atoms with E-state index in [-0.39, 0.29) is 0 Å². The summed E-state index contributed by atoms with van der Waals surface area (Å²) in [7, 11) is 2.00. The summed E-state index contributed by atoms with van der Waals surface area (Å²) in [5.74, 6) is 2.68. The quantitative estimate of drug-likeness (QED) is 0.627. The van der Waals surface area contributed by atoms with Gasteiger partial charge in [0.1, 0.15) is 24.0 Å². The first-order valence-electron chi connectivity index (χ1n) is 8.56. The SMILES string of the molecule is Cc1cn(Cc2ccc(OCCN(C)c3ccccn3)cc2Cl)c(C)n1. The molecule has 3 aromatic rings. The number of imidazole rings is 1. The van der Waals surface area contributed by atoms with Gasteiger partial charge < -0.3 is 14.2 Å². The molecular weight excluding hydrogens is 348 g/mol. The van der Waals surface area contributed by atoms with Crippen LogP contribution in [0.25, 0.3) is 0 Å². The monoisotopic (exact) mass is 370 g/mol. The molecule has 0 aliphatic carbocycles. The first-order chi connectivity index (χ1) is 12.5. The molecule has 0 fully saturated rings. The van der Waals surface area contributed by atoms with Gasteiger partial charge in [0.2, 0.25) is 0 Å². The summed E-state index contributed by atoms with van der Waals surface area (Å²) in [6.07, 6.45) is 3.82. The van der Waals surface area contributed by atoms with Gasteiger partial charge >= 0.3 is 0 Å². The van der Waals surface area contributed by atoms with Crippen molar-refractivity contribution >= 4 is 17.4 Å². The Balaban J connectivity index is 1.56. The van der Waals surface area contributed by atoms with E-state index in [9.17, 15) is 0 Å². The Bertz CT molecular complexity index is 864. The number of ether oxygens (including phenoxy) is 1. The number of aryl methyl sites for hydroxylation is 2. The van der Waals surface area contributed by atoms with E-state index in [2.05, 4.69) is 19.4 Å². The molecule has 0 bridgehead atoms. The lowest BCUT2D eigenvalue weighted by atomic mass is 10.2. The average Bonchev–Trinajstić information content (AvgIpc) is 2.95. The normalized spacial score (nSPS) is 10.8. The Hall–Kier alpha value is -2.53. The zero-order chi connectivity index (χ0) is 18.5. The summed E-state index contributed by atoms with van der Waals surface area (Å²) in [4.78, 5) is 10.8. The van der Waals surface area contributed by atoms with Gasteiger partial charge in [-0.05, 0) is 43.7 Å². The molecule has 0 N–H and O–H groups in total. The van der Waals surface area contributed by atoms with E-state index in [4.69, 9.17) is 16.3 Å². The van der Waals surface area contributed by atoms with E-state index in [1.54, 1.807) is 6.20 Å². The number of benzene rings is 1. The van der Waals surface area contributed by atoms with Gasteiger partial charge in [0.05, 0.1) is 18.8 Å². The van der Waals surface area contributed by atoms with Crippen LogP contribution in [0, 0.1) is 13.8 Å². The minimum absolute atomic E-state index is 0.558. The Morgan fingerprint density at radius 1 is 1.19 bits per heavy atom. The third kappa shape index (κ3) is 4.55. The van der Waals surface area contributed by atoms with E-state index in [1.165, 1.54) is 0 Å². The lowest BCUT2D eigenvalue weighted by Gasteiger charge is -2.18. The molecule has 6 heteroatoms. The lowest BCUT2D eigenvalue weighted by Crippen LogP contribution is -2.24. The first kappa shape index (κ1) is 18.3. The van der Waals surface area contributed by atoms with Crippen LogP contribution in [-0.4, -0.2) is 34.7 Å². The van der Waals surface area contributed by atoms with E-state index in [1.807, 2.05) is 63.5 Å². The molecule has 26 heavy (non-hydrogen) atoms. The standard InChI is InChI=1S/C20H23ClN4O/c1-15-13-25(16(2)23-15)14-17-7-8-18(12-19(17)21)26-11-10-24(3)20-6-4-5-9-22-20/h4-9,12-13H,10-11,14H2,1-3H3. The summed E-state index contributed by atoms with van der Waals surface area (Å²) in [5.41, 5.74) is 2.06. The fourth-order valence-electron chi connectivity index (χ4n) is 2.75. The van der Waals surface area contributed by atoms with Crippen molar-refractivity contribution in [3.63, 3.8) is 0 Å². The molecule has 2 aromatic heterocycles. The Kier molecular flexibility index (Phi) is 5.78. The maximum atomic E-state index is 6.44. The van der Waals surface area contributed by atoms with Crippen LogP contribution in [0.3, 0.4) is 0 Å². The molecule has 5 nitrogen and oxygen atoms in total. The zero-order valence-corrected chi connectivity index (χ0v) is 16.1. The summed E-state index contributed by atoms with van der Waals surface area (Å²) in [6.45, 7) is 5.99. The van der Waals surface area contributed by atoms with Crippen molar-refractivity contribution in [3.05, 3.63) is 70.9 Å². The molecule has 136 valence electrons. The van der Waals surface area contributed by atoms with Crippen LogP contribution in [0.15, 0.2) is 48.8 Å². The molecule has 0 atom stereocenters. The summed E-state index contributed by atoms with van der Waals surface area (Å²) in [5, 5.41) is 0.700. The minimum Gasteiger partial charge on any atom is -0.492 e. The fraction of sp³-hybridized carbons (Fsp3) is 0.300. The number of hydrogen-bond acceptors (Lipinski definition) is 4. The lowest BCUT2D eigenvalue weighted by molar-refractivity contribution is 0.325. The highest BCUT2D eigenvalue weighted by molar-refractivity contribution is 6.31. The van der Waals surface area contributed by atoms with Crippen LogP contribution in [0.4, 0.5) is 5.82 Å². The largest absolute Gasteiger partial charge is 0.492 e. The maximum Gasteiger partial charge on any atom is 0.128 e. The molecule has 0 aliphatic heterocycles. The van der Waals surface area contributed by atoms with Gasteiger partial charge in [-0.3, -0.25) is 0 Å². The molecule has 2 heterocycles. The van der Waals surface area contributed by atoms with E-state index >= 15 is 0 Å². The van der Waals surface area contributed by atoms with E-state index in [0.717, 1.165) is 35.2 Å². The number of rotatable bonds is 7. The molecular formula is C20H23ClN4O. The molecule has 0 spiro atoms. The number of likely N-dealkylation sites (N-methyl/N-ethyl adjacent to an activating group) is 1. The number of aromatic nitrogens is 3. The van der Waals surface area contributed by atoms with E-state index in [0.29, 0.717) is 18.2 Å². The molecule has 0 aliphatic rings. The van der Waals surface area contributed by atoms with Gasteiger partial charge in [-0.1, -0.05) is 23.7 Å². The Labute approximate surface area is 159 Å². The van der Waals surface area contributed by atoms with Crippen molar-refractivity contribution in [3.8, 4) is 5.75 Å². The highest BCUT2D eigenvalue weighted by Crippen LogP contribution is 2.24. The van der Waals surface area contributed by atoms with Gasteiger partial charge in [0, 0.05) is 24.5 Å². The fourth-order valence-corrected chi connectivity index (χ4v) is 2.98. The van der Waals surface area contributed by atoms with Gasteiger partial charge in [-0.2, -0.15) is 0 Å². The average molecular weight is 371 g/mol. The van der Waals surface area contributed by atoms with Crippen molar-refractivity contribution in [2.75, 3.05) is 25.1 Å². The Morgan fingerprint density at radius 3 is 2.69 bits per heavy atom. The van der Waals surface area contributed by atoms with Crippen LogP contribution in [-0.2, 0) is 6.54 Å². The second-order valence-corrected chi connectivity index (χ2v) is 6.68. The maximum absolute atomic E-state index is 6.44. The predicted octanol–water partition coefficient (Wildman–Crippen LogP) is 4.11. The van der Waals surface area contributed by atoms with Gasteiger partial charge in [-0.25, -0.2) is 9.97 Å². The number of halogens is 1. The van der Waals surface area contributed by atoms with Crippen molar-refractivity contribution in [1.29, 1.82) is 0 Å². The van der Waals surface area contributed by atoms with Crippen molar-refractivity contribution in [1.82, 2.24) is 14.5 Å². The van der Waals surface area contributed by atoms with Crippen molar-refractivity contribution in [2.45, 2.75) is 20.4 Å². The van der Waals surface area contributed by atoms with Crippen LogP contribution in [0.1, 0.15) is 17.1 Å². The molecule has 3 rings (SSSR count). The van der Waals surface area contributed by atoms with Crippen molar-refractivity contribution < 1.29 is 4.74 Å². The number of anilines is 1. The molecule has 0 saturated heterocycles.